The van der Waals surface area contributed by atoms with Crippen molar-refractivity contribution < 1.29 is 14.6 Å². The average Bonchev–Trinajstić information content (AvgIpc) is 3.44. The van der Waals surface area contributed by atoms with Gasteiger partial charge in [-0.3, -0.25) is 9.68 Å². The first-order valence-electron chi connectivity index (χ1n) is 9.44. The molecule has 0 unspecified atom stereocenters. The Hall–Kier alpha value is -2.40. The van der Waals surface area contributed by atoms with Crippen LogP contribution in [0.25, 0.3) is 0 Å². The van der Waals surface area contributed by atoms with Gasteiger partial charge in [0.1, 0.15) is 5.60 Å². The zero-order valence-electron chi connectivity index (χ0n) is 16.5. The average molecular weight is 369 g/mol. The highest BCUT2D eigenvalue weighted by Crippen LogP contribution is 2.41. The monoisotopic (exact) mass is 369 g/mol. The quantitative estimate of drug-likeness (QED) is 0.567. The second-order valence-electron chi connectivity index (χ2n) is 8.15. The number of rotatable bonds is 6. The summed E-state index contributed by atoms with van der Waals surface area (Å²) in [5.74, 6) is 0.109. The van der Waals surface area contributed by atoms with Crippen molar-refractivity contribution in [1.82, 2.24) is 4.57 Å². The van der Waals surface area contributed by atoms with Crippen molar-refractivity contribution >= 4 is 5.97 Å². The van der Waals surface area contributed by atoms with E-state index in [0.29, 0.717) is 18.0 Å². The summed E-state index contributed by atoms with van der Waals surface area (Å²) < 4.78 is 1.85. The Bertz CT molecular complexity index is 871. The number of hydrogen-bond acceptors (Lipinski definition) is 4. The molecule has 5 heteroatoms. The minimum absolute atomic E-state index is 0.0384. The molecule has 0 radical (unpaired) electrons. The minimum Gasteiger partial charge on any atom is -0.312 e. The highest BCUT2D eigenvalue weighted by atomic mass is 17.2. The summed E-state index contributed by atoms with van der Waals surface area (Å²) in [7, 11) is 0. The number of hydrogen-bond donors (Lipinski definition) is 0. The fourth-order valence-corrected chi connectivity index (χ4v) is 3.06. The highest BCUT2D eigenvalue weighted by molar-refractivity contribution is 5.88. The van der Waals surface area contributed by atoms with Crippen LogP contribution in [0.2, 0.25) is 0 Å². The number of carbonyl (C=O) groups excluding carboxylic acids is 1. The van der Waals surface area contributed by atoms with Crippen molar-refractivity contribution in [2.24, 2.45) is 0 Å². The summed E-state index contributed by atoms with van der Waals surface area (Å²) in [5, 5.41) is 0. The number of benzene rings is 1. The standard InChI is InChI=1S/C22H27NO4/c1-15-19(17-9-10-17)11-12-20(24)23(15)14-13-16-5-7-18(8-6-16)21(25)26-27-22(2,3)4/h5-8,11-12,17H,9-10,13-14H2,1-4H3. The lowest BCUT2D eigenvalue weighted by Gasteiger charge is -2.16. The number of pyridine rings is 1. The molecular formula is C22H27NO4. The molecule has 1 aromatic carbocycles. The molecule has 144 valence electrons. The van der Waals surface area contributed by atoms with E-state index in [9.17, 15) is 9.59 Å². The van der Waals surface area contributed by atoms with E-state index >= 15 is 0 Å². The SMILES string of the molecule is Cc1c(C2CC2)ccc(=O)n1CCc1ccc(C(=O)OOC(C)(C)C)cc1. The third kappa shape index (κ3) is 5.07. The maximum atomic E-state index is 12.2. The molecule has 0 spiro atoms. The molecule has 1 aliphatic carbocycles. The van der Waals surface area contributed by atoms with Crippen molar-refractivity contribution in [1.29, 1.82) is 0 Å². The lowest BCUT2D eigenvalue weighted by Crippen LogP contribution is -2.23. The van der Waals surface area contributed by atoms with Gasteiger partial charge in [0.15, 0.2) is 0 Å². The topological polar surface area (TPSA) is 57.5 Å². The molecule has 27 heavy (non-hydrogen) atoms. The van der Waals surface area contributed by atoms with Gasteiger partial charge in [0, 0.05) is 18.3 Å². The summed E-state index contributed by atoms with van der Waals surface area (Å²) in [5.41, 5.74) is 3.36. The number of nitrogens with zero attached hydrogens (tertiary/aromatic N) is 1. The zero-order valence-corrected chi connectivity index (χ0v) is 16.5. The van der Waals surface area contributed by atoms with Crippen molar-refractivity contribution in [3.63, 3.8) is 0 Å². The van der Waals surface area contributed by atoms with Gasteiger partial charge in [-0.05, 0) is 76.1 Å². The predicted octanol–water partition coefficient (Wildman–Crippen LogP) is 4.16. The molecule has 0 bridgehead atoms. The Morgan fingerprint density at radius 2 is 1.78 bits per heavy atom. The summed E-state index contributed by atoms with van der Waals surface area (Å²) in [6.07, 6.45) is 3.16. The normalized spacial score (nSPS) is 14.2. The molecule has 0 amide bonds. The van der Waals surface area contributed by atoms with Gasteiger partial charge in [0.2, 0.25) is 0 Å². The third-order valence-electron chi connectivity index (χ3n) is 4.69. The molecule has 0 saturated heterocycles. The van der Waals surface area contributed by atoms with Gasteiger partial charge >= 0.3 is 5.97 Å². The van der Waals surface area contributed by atoms with Crippen LogP contribution in [0.1, 0.15) is 66.7 Å². The van der Waals surface area contributed by atoms with Gasteiger partial charge < -0.3 is 4.57 Å². The second-order valence-corrected chi connectivity index (χ2v) is 8.15. The third-order valence-corrected chi connectivity index (χ3v) is 4.69. The van der Waals surface area contributed by atoms with Gasteiger partial charge in [-0.15, -0.1) is 0 Å². The van der Waals surface area contributed by atoms with Gasteiger partial charge in [-0.2, -0.15) is 4.89 Å². The lowest BCUT2D eigenvalue weighted by atomic mass is 10.1. The molecule has 0 N–H and O–H groups in total. The van der Waals surface area contributed by atoms with Crippen LogP contribution < -0.4 is 5.56 Å². The Balaban J connectivity index is 1.63. The van der Waals surface area contributed by atoms with Crippen molar-refractivity contribution in [3.05, 3.63) is 69.1 Å². The fraction of sp³-hybridized carbons (Fsp3) is 0.455. The predicted molar refractivity (Wildman–Crippen MR) is 104 cm³/mol. The molecular weight excluding hydrogens is 342 g/mol. The van der Waals surface area contributed by atoms with E-state index in [1.54, 1.807) is 18.2 Å². The summed E-state index contributed by atoms with van der Waals surface area (Å²) in [4.78, 5) is 34.1. The second kappa shape index (κ2) is 7.69. The first kappa shape index (κ1) is 19.4. The fourth-order valence-electron chi connectivity index (χ4n) is 3.06. The zero-order chi connectivity index (χ0) is 19.6. The number of aromatic nitrogens is 1. The van der Waals surface area contributed by atoms with Crippen molar-refractivity contribution in [2.45, 2.75) is 65.0 Å². The first-order chi connectivity index (χ1) is 12.7. The van der Waals surface area contributed by atoms with Crippen LogP contribution in [0.4, 0.5) is 0 Å². The Morgan fingerprint density at radius 3 is 2.37 bits per heavy atom. The van der Waals surface area contributed by atoms with Crippen LogP contribution in [-0.4, -0.2) is 16.1 Å². The Kier molecular flexibility index (Phi) is 5.51. The van der Waals surface area contributed by atoms with E-state index in [4.69, 9.17) is 9.78 Å². The van der Waals surface area contributed by atoms with E-state index in [1.807, 2.05) is 50.5 Å². The van der Waals surface area contributed by atoms with Gasteiger partial charge in [-0.25, -0.2) is 4.79 Å². The van der Waals surface area contributed by atoms with Gasteiger partial charge in [-0.1, -0.05) is 18.2 Å². The van der Waals surface area contributed by atoms with Crippen LogP contribution in [0, 0.1) is 6.92 Å². The lowest BCUT2D eigenvalue weighted by molar-refractivity contribution is -0.301. The first-order valence-corrected chi connectivity index (χ1v) is 9.44. The molecule has 1 aromatic heterocycles. The van der Waals surface area contributed by atoms with Crippen LogP contribution in [0.5, 0.6) is 0 Å². The van der Waals surface area contributed by atoms with E-state index < -0.39 is 11.6 Å². The van der Waals surface area contributed by atoms with Crippen LogP contribution >= 0.6 is 0 Å². The molecule has 1 aliphatic rings. The van der Waals surface area contributed by atoms with Crippen molar-refractivity contribution in [3.8, 4) is 0 Å². The molecule has 1 saturated carbocycles. The van der Waals surface area contributed by atoms with E-state index in [0.717, 1.165) is 17.7 Å². The molecule has 1 fully saturated rings. The maximum absolute atomic E-state index is 12.2. The molecule has 2 aromatic rings. The van der Waals surface area contributed by atoms with Crippen LogP contribution in [0.15, 0.2) is 41.2 Å². The van der Waals surface area contributed by atoms with E-state index in [2.05, 4.69) is 0 Å². The van der Waals surface area contributed by atoms with E-state index in [-0.39, 0.29) is 5.56 Å². The Morgan fingerprint density at radius 1 is 1.11 bits per heavy atom. The molecule has 3 rings (SSSR count). The van der Waals surface area contributed by atoms with E-state index in [1.165, 1.54) is 18.4 Å². The molecule has 0 aliphatic heterocycles. The highest BCUT2D eigenvalue weighted by Gasteiger charge is 2.26. The summed E-state index contributed by atoms with van der Waals surface area (Å²) in [6, 6.07) is 10.9. The van der Waals surface area contributed by atoms with Gasteiger partial charge in [0.25, 0.3) is 5.56 Å². The maximum Gasteiger partial charge on any atom is 0.373 e. The number of aryl methyl sites for hydroxylation is 1. The van der Waals surface area contributed by atoms with Crippen LogP contribution in [-0.2, 0) is 22.7 Å². The molecule has 1 heterocycles. The largest absolute Gasteiger partial charge is 0.373 e. The Labute approximate surface area is 159 Å². The van der Waals surface area contributed by atoms with Crippen LogP contribution in [0.3, 0.4) is 0 Å². The number of carbonyl (C=O) groups is 1. The summed E-state index contributed by atoms with van der Waals surface area (Å²) >= 11 is 0. The smallest absolute Gasteiger partial charge is 0.312 e. The molecule has 0 atom stereocenters. The van der Waals surface area contributed by atoms with Crippen molar-refractivity contribution in [2.75, 3.05) is 0 Å². The van der Waals surface area contributed by atoms with Gasteiger partial charge in [0.05, 0.1) is 5.56 Å². The molecule has 5 nitrogen and oxygen atoms in total. The minimum atomic E-state index is -0.546. The summed E-state index contributed by atoms with van der Waals surface area (Å²) in [6.45, 7) is 8.09.